The van der Waals surface area contributed by atoms with Crippen molar-refractivity contribution in [1.29, 1.82) is 0 Å². The molecule has 13 nitrogen and oxygen atoms in total. The Bertz CT molecular complexity index is 330. The molecule has 0 radical (unpaired) electrons. The van der Waals surface area contributed by atoms with Crippen LogP contribution in [-0.2, 0) is 39.4 Å². The summed E-state index contributed by atoms with van der Waals surface area (Å²) >= 11 is -3.33. The molecule has 10 N–H and O–H groups in total. The Morgan fingerprint density at radius 3 is 1.12 bits per heavy atom. The van der Waals surface area contributed by atoms with Crippen molar-refractivity contribution in [3.63, 3.8) is 0 Å². The number of hydrogen-bond donors (Lipinski definition) is 6. The Morgan fingerprint density at radius 1 is 0.812 bits per heavy atom. The Kier molecular flexibility index (Phi) is 13.1. The van der Waals surface area contributed by atoms with E-state index in [4.69, 9.17) is 9.11 Å². The Balaban J connectivity index is -0.000000376. The highest BCUT2D eigenvalue weighted by Crippen LogP contribution is 1.98. The molecular formula is H10N4O9S3. The summed E-state index contributed by atoms with van der Waals surface area (Å²) in [5.74, 6) is 16.0. The first-order valence-electron chi connectivity index (χ1n) is 2.53. The molecule has 0 saturated carbocycles. The summed E-state index contributed by atoms with van der Waals surface area (Å²) in [5, 5.41) is 0. The van der Waals surface area contributed by atoms with Crippen LogP contribution in [0.4, 0.5) is 0 Å². The molecule has 0 fully saturated rings. The molecule has 0 amide bonds. The van der Waals surface area contributed by atoms with E-state index in [1.165, 1.54) is 0 Å². The molecule has 0 aliphatic heterocycles. The molecule has 102 valence electrons. The van der Waals surface area contributed by atoms with Gasteiger partial charge in [-0.3, -0.25) is 32.5 Å². The van der Waals surface area contributed by atoms with Crippen molar-refractivity contribution in [2.45, 2.75) is 0 Å². The van der Waals surface area contributed by atoms with Gasteiger partial charge >= 0.3 is 32.2 Å². The minimum absolute atomic E-state index is 3.05. The van der Waals surface area contributed by atoms with E-state index in [9.17, 15) is 21.0 Å². The maximum absolute atomic E-state index is 10.1. The molecular weight excluding hydrogens is 296 g/mol. The van der Waals surface area contributed by atoms with Gasteiger partial charge in [-0.05, 0) is 0 Å². The zero-order chi connectivity index (χ0) is 14.0. The van der Waals surface area contributed by atoms with Crippen molar-refractivity contribution in [2.75, 3.05) is 0 Å². The lowest BCUT2D eigenvalue weighted by Crippen LogP contribution is -2.13. The zero-order valence-electron chi connectivity index (χ0n) is 7.29. The van der Waals surface area contributed by atoms with E-state index in [0.717, 1.165) is 0 Å². The molecule has 16 heteroatoms. The molecule has 0 spiro atoms. The lowest BCUT2D eigenvalue weighted by atomic mass is 13.0. The third-order valence-corrected chi connectivity index (χ3v) is 2.55. The molecule has 0 rings (SSSR count). The van der Waals surface area contributed by atoms with E-state index in [1.54, 1.807) is 0 Å². The lowest BCUT2D eigenvalue weighted by molar-refractivity contribution is 0.357. The average Bonchev–Trinajstić information content (AvgIpc) is 2.04. The van der Waals surface area contributed by atoms with Gasteiger partial charge in [0.15, 0.2) is 0 Å². The van der Waals surface area contributed by atoms with Gasteiger partial charge in [-0.1, -0.05) is 0 Å². The van der Waals surface area contributed by atoms with Crippen molar-refractivity contribution in [3.05, 3.63) is 0 Å². The van der Waals surface area contributed by atoms with Crippen LogP contribution in [0.3, 0.4) is 0 Å². The van der Waals surface area contributed by atoms with Gasteiger partial charge in [-0.15, -0.1) is 7.26 Å². The third kappa shape index (κ3) is 23.5. The van der Waals surface area contributed by atoms with Gasteiger partial charge in [0, 0.05) is 0 Å². The van der Waals surface area contributed by atoms with Crippen LogP contribution in [0, 0.1) is 0 Å². The highest BCUT2D eigenvalue weighted by Gasteiger charge is 2.19. The SMILES string of the molecule is NN.NN.O=S(OS(=O)(=O)O)OS(=O)(=O)O. The Hall–Kier alpha value is -0.270. The van der Waals surface area contributed by atoms with Gasteiger partial charge in [0.1, 0.15) is 0 Å². The monoisotopic (exact) mass is 306 g/mol. The Labute approximate surface area is 93.4 Å². The van der Waals surface area contributed by atoms with E-state index in [-0.39, 0.29) is 0 Å². The highest BCUT2D eigenvalue weighted by molar-refractivity contribution is 7.97. The Morgan fingerprint density at radius 2 is 1.00 bits per heavy atom. The first-order valence-corrected chi connectivity index (χ1v) is 6.26. The van der Waals surface area contributed by atoms with Crippen LogP contribution in [0.15, 0.2) is 0 Å². The second kappa shape index (κ2) is 9.92. The van der Waals surface area contributed by atoms with E-state index < -0.39 is 32.2 Å². The van der Waals surface area contributed by atoms with E-state index in [2.05, 4.69) is 30.6 Å². The van der Waals surface area contributed by atoms with E-state index in [0.29, 0.717) is 0 Å². The predicted octanol–water partition coefficient (Wildman–Crippen LogP) is -4.16. The summed E-state index contributed by atoms with van der Waals surface area (Å²) in [6, 6.07) is 0. The van der Waals surface area contributed by atoms with Gasteiger partial charge in [-0.25, -0.2) is 0 Å². The van der Waals surface area contributed by atoms with Gasteiger partial charge in [0.2, 0.25) is 0 Å². The highest BCUT2D eigenvalue weighted by atomic mass is 32.3. The summed E-state index contributed by atoms with van der Waals surface area (Å²) in [6.45, 7) is 0. The van der Waals surface area contributed by atoms with Crippen LogP contribution >= 0.6 is 0 Å². The fourth-order valence-corrected chi connectivity index (χ4v) is 1.57. The normalized spacial score (nSPS) is 10.9. The molecule has 0 saturated heterocycles. The minimum Gasteiger partial charge on any atom is -0.274 e. The zero-order valence-corrected chi connectivity index (χ0v) is 9.74. The van der Waals surface area contributed by atoms with Crippen molar-refractivity contribution in [2.24, 2.45) is 23.4 Å². The maximum atomic E-state index is 10.1. The molecule has 16 heavy (non-hydrogen) atoms. The van der Waals surface area contributed by atoms with Crippen molar-refractivity contribution >= 4 is 32.2 Å². The molecule has 0 unspecified atom stereocenters. The van der Waals surface area contributed by atoms with Crippen LogP contribution in [0.25, 0.3) is 0 Å². The number of hydrazine groups is 2. The number of hydrogen-bond acceptors (Lipinski definition) is 11. The second-order valence-corrected chi connectivity index (χ2v) is 4.40. The quantitative estimate of drug-likeness (QED) is 0.164. The van der Waals surface area contributed by atoms with Crippen molar-refractivity contribution in [3.8, 4) is 0 Å². The minimum atomic E-state index is -5.10. The molecule has 0 aromatic carbocycles. The van der Waals surface area contributed by atoms with Crippen LogP contribution in [0.5, 0.6) is 0 Å². The van der Waals surface area contributed by atoms with Gasteiger partial charge < -0.3 is 0 Å². The van der Waals surface area contributed by atoms with Crippen molar-refractivity contribution < 1.29 is 37.4 Å². The summed E-state index contributed by atoms with van der Waals surface area (Å²) < 4.78 is 70.6. The first-order chi connectivity index (χ1) is 7.10. The van der Waals surface area contributed by atoms with Crippen LogP contribution in [-0.4, -0.2) is 30.1 Å². The fourth-order valence-electron chi connectivity index (χ4n) is 0.152. The standard InChI is InChI=1S/2H4N2.H2O9S3/c2*1-2;1-10(8-11(2,3)4)9-12(5,6)7/h2*1-2H2;(H,2,3,4)(H,5,6,7). The number of rotatable bonds is 4. The first kappa shape index (κ1) is 21.1. The van der Waals surface area contributed by atoms with E-state index >= 15 is 0 Å². The maximum Gasteiger partial charge on any atom is 0.412 e. The smallest absolute Gasteiger partial charge is 0.274 e. The predicted molar refractivity (Wildman–Crippen MR) is 50.2 cm³/mol. The summed E-state index contributed by atoms with van der Waals surface area (Å²) in [7, 11) is -10.2. The summed E-state index contributed by atoms with van der Waals surface area (Å²) in [4.78, 5) is 0. The second-order valence-electron chi connectivity index (χ2n) is 1.20. The number of nitrogens with two attached hydrogens (primary N) is 4. The summed E-state index contributed by atoms with van der Waals surface area (Å²) in [5.41, 5.74) is 0. The van der Waals surface area contributed by atoms with Gasteiger partial charge in [-0.2, -0.15) is 21.0 Å². The molecule has 0 atom stereocenters. The van der Waals surface area contributed by atoms with E-state index in [1.807, 2.05) is 0 Å². The molecule has 0 heterocycles. The fraction of sp³-hybridized carbons (Fsp3) is 0. The van der Waals surface area contributed by atoms with Crippen LogP contribution in [0.1, 0.15) is 0 Å². The lowest BCUT2D eigenvalue weighted by Gasteiger charge is -1.95. The largest absolute Gasteiger partial charge is 0.412 e. The molecule has 0 aromatic heterocycles. The van der Waals surface area contributed by atoms with Crippen molar-refractivity contribution in [1.82, 2.24) is 0 Å². The van der Waals surface area contributed by atoms with Gasteiger partial charge in [0.25, 0.3) is 0 Å². The summed E-state index contributed by atoms with van der Waals surface area (Å²) in [6.07, 6.45) is 0. The van der Waals surface area contributed by atoms with Gasteiger partial charge in [0.05, 0.1) is 0 Å². The molecule has 0 aromatic rings. The van der Waals surface area contributed by atoms with Crippen LogP contribution in [0.2, 0.25) is 0 Å². The average molecular weight is 306 g/mol. The molecule has 0 bridgehead atoms. The van der Waals surface area contributed by atoms with Crippen LogP contribution < -0.4 is 23.4 Å². The third-order valence-electron chi connectivity index (χ3n) is 0.283. The topological polar surface area (TPSA) is 248 Å². The molecule has 0 aliphatic rings. The molecule has 0 aliphatic carbocycles.